The number of hydrogen-bond acceptors (Lipinski definition) is 3. The van der Waals surface area contributed by atoms with Crippen molar-refractivity contribution in [3.8, 4) is 5.75 Å². The normalized spacial score (nSPS) is 11.0. The molecule has 0 aromatic heterocycles. The summed E-state index contributed by atoms with van der Waals surface area (Å²) in [7, 11) is 0. The average molecular weight is 436 g/mol. The van der Waals surface area contributed by atoms with Gasteiger partial charge in [0.15, 0.2) is 5.78 Å². The molecule has 0 aliphatic heterocycles. The van der Waals surface area contributed by atoms with Crippen LogP contribution in [-0.2, 0) is 4.79 Å². The zero-order valence-electron chi connectivity index (χ0n) is 19.3. The maximum atomic E-state index is 12.4. The monoisotopic (exact) mass is 435 g/mol. The Morgan fingerprint density at radius 3 is 1.94 bits per heavy atom. The number of hydrogen-bond donors (Lipinski definition) is 2. The van der Waals surface area contributed by atoms with E-state index in [0.717, 1.165) is 18.4 Å². The molecule has 0 aliphatic carbocycles. The van der Waals surface area contributed by atoms with E-state index in [-0.39, 0.29) is 17.4 Å². The van der Waals surface area contributed by atoms with E-state index < -0.39 is 0 Å². The van der Waals surface area contributed by atoms with Crippen molar-refractivity contribution >= 4 is 23.5 Å². The Morgan fingerprint density at radius 2 is 1.34 bits per heavy atom. The maximum Gasteiger partial charge on any atom is 0.248 e. The number of rotatable bonds is 15. The van der Waals surface area contributed by atoms with Crippen LogP contribution in [0.5, 0.6) is 5.75 Å². The molecule has 0 heterocycles. The smallest absolute Gasteiger partial charge is 0.248 e. The first-order chi connectivity index (χ1) is 15.6. The third-order valence-electron chi connectivity index (χ3n) is 5.55. The highest BCUT2D eigenvalue weighted by Gasteiger charge is 2.06. The summed E-state index contributed by atoms with van der Waals surface area (Å²) in [6, 6.07) is 13.7. The Hall–Kier alpha value is -2.88. The van der Waals surface area contributed by atoms with E-state index in [9.17, 15) is 14.7 Å². The number of anilines is 1. The van der Waals surface area contributed by atoms with Gasteiger partial charge in [-0.3, -0.25) is 9.59 Å². The van der Waals surface area contributed by atoms with Crippen LogP contribution in [0.3, 0.4) is 0 Å². The van der Waals surface area contributed by atoms with Gasteiger partial charge in [0.25, 0.3) is 0 Å². The molecule has 2 aromatic rings. The molecule has 1 amide bonds. The van der Waals surface area contributed by atoms with Gasteiger partial charge in [-0.2, -0.15) is 0 Å². The molecule has 0 unspecified atom stereocenters. The van der Waals surface area contributed by atoms with Crippen molar-refractivity contribution in [3.05, 3.63) is 65.7 Å². The van der Waals surface area contributed by atoms with Gasteiger partial charge in [-0.15, -0.1) is 0 Å². The number of carbonyl (C=O) groups excluding carboxylic acids is 2. The summed E-state index contributed by atoms with van der Waals surface area (Å²) in [6.07, 6.45) is 16.3. The summed E-state index contributed by atoms with van der Waals surface area (Å²) in [6.45, 7) is 2.24. The van der Waals surface area contributed by atoms with Gasteiger partial charge in [0.2, 0.25) is 5.91 Å². The first-order valence-electron chi connectivity index (χ1n) is 12.0. The summed E-state index contributed by atoms with van der Waals surface area (Å²) < 4.78 is 0. The van der Waals surface area contributed by atoms with Gasteiger partial charge >= 0.3 is 0 Å². The van der Waals surface area contributed by atoms with Crippen LogP contribution in [0.2, 0.25) is 0 Å². The molecule has 32 heavy (non-hydrogen) atoms. The number of amides is 1. The highest BCUT2D eigenvalue weighted by molar-refractivity contribution is 6.02. The number of unbranched alkanes of at least 4 members (excludes halogenated alkanes) is 9. The number of phenolic OH excluding ortho intramolecular Hbond substituents is 1. The van der Waals surface area contributed by atoms with E-state index in [0.29, 0.717) is 17.7 Å². The molecule has 0 saturated heterocycles. The van der Waals surface area contributed by atoms with Crippen molar-refractivity contribution in [3.63, 3.8) is 0 Å². The lowest BCUT2D eigenvalue weighted by Crippen LogP contribution is -2.08. The first-order valence-corrected chi connectivity index (χ1v) is 12.0. The van der Waals surface area contributed by atoms with Crippen LogP contribution < -0.4 is 5.32 Å². The number of benzene rings is 2. The second-order valence-corrected chi connectivity index (χ2v) is 8.35. The van der Waals surface area contributed by atoms with Crippen LogP contribution in [0, 0.1) is 0 Å². The Kier molecular flexibility index (Phi) is 11.9. The van der Waals surface area contributed by atoms with Gasteiger partial charge in [0.1, 0.15) is 5.75 Å². The molecule has 2 N–H and O–H groups in total. The van der Waals surface area contributed by atoms with Gasteiger partial charge in [-0.1, -0.05) is 76.8 Å². The van der Waals surface area contributed by atoms with Gasteiger partial charge in [0, 0.05) is 23.7 Å². The molecule has 0 fully saturated rings. The molecule has 0 spiro atoms. The van der Waals surface area contributed by atoms with Gasteiger partial charge in [-0.25, -0.2) is 0 Å². The molecule has 0 bridgehead atoms. The largest absolute Gasteiger partial charge is 0.508 e. The number of nitrogens with one attached hydrogen (secondary N) is 1. The van der Waals surface area contributed by atoms with E-state index in [1.807, 2.05) is 0 Å². The number of ketones is 1. The van der Waals surface area contributed by atoms with Crippen LogP contribution in [-0.4, -0.2) is 16.8 Å². The summed E-state index contributed by atoms with van der Waals surface area (Å²) in [5.41, 5.74) is 2.17. The molecule has 0 saturated carbocycles. The van der Waals surface area contributed by atoms with Crippen molar-refractivity contribution in [1.82, 2.24) is 0 Å². The molecule has 0 aliphatic rings. The molecule has 0 radical (unpaired) electrons. The predicted molar refractivity (Wildman–Crippen MR) is 133 cm³/mol. The third kappa shape index (κ3) is 10.4. The van der Waals surface area contributed by atoms with Crippen LogP contribution in [0.25, 0.3) is 6.08 Å². The third-order valence-corrected chi connectivity index (χ3v) is 5.55. The Bertz CT molecular complexity index is 838. The lowest BCUT2D eigenvalue weighted by molar-refractivity contribution is -0.111. The van der Waals surface area contributed by atoms with Crippen LogP contribution in [0.15, 0.2) is 54.6 Å². The Labute approximate surface area is 192 Å². The Morgan fingerprint density at radius 1 is 0.781 bits per heavy atom. The SMILES string of the molecule is CCCCCCCCCCCCC(=O)c1ccc(NC(=O)/C=C/c2ccc(O)cc2)cc1. The molecule has 4 heteroatoms. The maximum absolute atomic E-state index is 12.4. The molecule has 0 atom stereocenters. The standard InChI is InChI=1S/C28H37NO3/c1-2-3-4-5-6-7-8-9-10-11-12-27(31)24-16-18-25(19-17-24)29-28(32)22-15-23-13-20-26(30)21-14-23/h13-22,30H,2-12H2,1H3,(H,29,32)/b22-15+. The number of Topliss-reactive ketones (excluding diaryl/α,β-unsaturated/α-hetero) is 1. The fourth-order valence-electron chi connectivity index (χ4n) is 3.60. The number of aromatic hydroxyl groups is 1. The zero-order chi connectivity index (χ0) is 23.0. The second-order valence-electron chi connectivity index (χ2n) is 8.35. The summed E-state index contributed by atoms with van der Waals surface area (Å²) in [5.74, 6) is 0.103. The van der Waals surface area contributed by atoms with Crippen LogP contribution in [0.4, 0.5) is 5.69 Å². The fraction of sp³-hybridized carbons (Fsp3) is 0.429. The number of carbonyl (C=O) groups is 2. The molecule has 4 nitrogen and oxygen atoms in total. The highest BCUT2D eigenvalue weighted by atomic mass is 16.3. The van der Waals surface area contributed by atoms with Gasteiger partial charge < -0.3 is 10.4 Å². The molecule has 172 valence electrons. The molecular weight excluding hydrogens is 398 g/mol. The van der Waals surface area contributed by atoms with Gasteiger partial charge in [-0.05, 0) is 54.5 Å². The predicted octanol–water partition coefficient (Wildman–Crippen LogP) is 7.54. The topological polar surface area (TPSA) is 66.4 Å². The Balaban J connectivity index is 1.63. The molecule has 2 rings (SSSR count). The van der Waals surface area contributed by atoms with Crippen molar-refractivity contribution in [1.29, 1.82) is 0 Å². The van der Waals surface area contributed by atoms with E-state index >= 15 is 0 Å². The van der Waals surface area contributed by atoms with Crippen molar-refractivity contribution in [2.45, 2.75) is 77.6 Å². The van der Waals surface area contributed by atoms with Crippen molar-refractivity contribution in [2.24, 2.45) is 0 Å². The average Bonchev–Trinajstić information content (AvgIpc) is 2.80. The zero-order valence-corrected chi connectivity index (χ0v) is 19.3. The van der Waals surface area contributed by atoms with Crippen LogP contribution in [0.1, 0.15) is 93.5 Å². The lowest BCUT2D eigenvalue weighted by Gasteiger charge is -2.05. The minimum atomic E-state index is -0.248. The van der Waals surface area contributed by atoms with E-state index in [2.05, 4.69) is 12.2 Å². The van der Waals surface area contributed by atoms with Crippen LogP contribution >= 0.6 is 0 Å². The highest BCUT2D eigenvalue weighted by Crippen LogP contribution is 2.15. The van der Waals surface area contributed by atoms with E-state index in [1.165, 1.54) is 57.4 Å². The number of phenols is 1. The molecule has 2 aromatic carbocycles. The second kappa shape index (κ2) is 15.0. The van der Waals surface area contributed by atoms with E-state index in [4.69, 9.17) is 0 Å². The summed E-state index contributed by atoms with van der Waals surface area (Å²) in [4.78, 5) is 24.5. The minimum absolute atomic E-state index is 0.162. The van der Waals surface area contributed by atoms with Gasteiger partial charge in [0.05, 0.1) is 0 Å². The van der Waals surface area contributed by atoms with E-state index in [1.54, 1.807) is 54.6 Å². The fourth-order valence-corrected chi connectivity index (χ4v) is 3.60. The summed E-state index contributed by atoms with van der Waals surface area (Å²) >= 11 is 0. The minimum Gasteiger partial charge on any atom is -0.508 e. The summed E-state index contributed by atoms with van der Waals surface area (Å²) in [5, 5.41) is 12.1. The van der Waals surface area contributed by atoms with Crippen molar-refractivity contribution in [2.75, 3.05) is 5.32 Å². The lowest BCUT2D eigenvalue weighted by atomic mass is 10.0. The first kappa shape index (κ1) is 25.4. The quantitative estimate of drug-likeness (QED) is 0.172. The van der Waals surface area contributed by atoms with Crippen molar-refractivity contribution < 1.29 is 14.7 Å². The molecular formula is C28H37NO3.